The number of hydrogen-bond acceptors (Lipinski definition) is 8. The van der Waals surface area contributed by atoms with Crippen molar-refractivity contribution in [1.82, 2.24) is 9.97 Å². The van der Waals surface area contributed by atoms with Crippen LogP contribution in [0.1, 0.15) is 15.9 Å². The Morgan fingerprint density at radius 1 is 0.878 bits per heavy atom. The maximum Gasteiger partial charge on any atom is 0.263 e. The van der Waals surface area contributed by atoms with E-state index in [9.17, 15) is 22.7 Å². The van der Waals surface area contributed by atoms with Crippen molar-refractivity contribution in [3.8, 4) is 11.5 Å². The molecule has 208 valence electrons. The number of hydrogen-bond donors (Lipinski definition) is 4. The van der Waals surface area contributed by atoms with Crippen molar-refractivity contribution in [2.45, 2.75) is 11.8 Å². The van der Waals surface area contributed by atoms with E-state index in [1.807, 2.05) is 0 Å². The van der Waals surface area contributed by atoms with Gasteiger partial charge in [-0.05, 0) is 49.4 Å². The Kier molecular flexibility index (Phi) is 7.40. The molecule has 4 N–H and O–H groups in total. The first kappa shape index (κ1) is 27.3. The van der Waals surface area contributed by atoms with Gasteiger partial charge in [0.25, 0.3) is 15.9 Å². The molecule has 12 heteroatoms. The number of benzene rings is 4. The number of anilines is 4. The number of phenolic OH excluding ortho intramolecular Hbond substituents is 1. The van der Waals surface area contributed by atoms with Crippen LogP contribution in [0.4, 0.5) is 27.4 Å². The number of nitrogens with one attached hydrogen (secondary N) is 3. The lowest BCUT2D eigenvalue weighted by Gasteiger charge is -2.15. The van der Waals surface area contributed by atoms with E-state index in [4.69, 9.17) is 4.74 Å². The Morgan fingerprint density at radius 3 is 2.34 bits per heavy atom. The van der Waals surface area contributed by atoms with Gasteiger partial charge in [-0.3, -0.25) is 9.52 Å². The lowest BCUT2D eigenvalue weighted by atomic mass is 10.1. The third kappa shape index (κ3) is 6.17. The molecule has 10 nitrogen and oxygen atoms in total. The van der Waals surface area contributed by atoms with E-state index in [0.29, 0.717) is 28.0 Å². The second-order valence-corrected chi connectivity index (χ2v) is 10.7. The minimum Gasteiger partial charge on any atom is -0.508 e. The van der Waals surface area contributed by atoms with Crippen LogP contribution in [-0.4, -0.2) is 36.5 Å². The molecule has 1 heterocycles. The molecular formula is C29H24FN5O5S. The monoisotopic (exact) mass is 573 g/mol. The van der Waals surface area contributed by atoms with Crippen LogP contribution in [0.3, 0.4) is 0 Å². The molecule has 0 aliphatic rings. The van der Waals surface area contributed by atoms with Gasteiger partial charge in [-0.15, -0.1) is 0 Å². The Morgan fingerprint density at radius 2 is 1.61 bits per heavy atom. The zero-order chi connectivity index (χ0) is 29.1. The molecule has 0 atom stereocenters. The molecule has 5 aromatic rings. The van der Waals surface area contributed by atoms with Crippen molar-refractivity contribution >= 4 is 50.0 Å². The van der Waals surface area contributed by atoms with E-state index in [-0.39, 0.29) is 33.5 Å². The molecule has 0 fully saturated rings. The van der Waals surface area contributed by atoms with Crippen molar-refractivity contribution in [3.63, 3.8) is 0 Å². The number of rotatable bonds is 8. The largest absolute Gasteiger partial charge is 0.508 e. The number of aromatic nitrogens is 2. The fourth-order valence-electron chi connectivity index (χ4n) is 4.01. The van der Waals surface area contributed by atoms with E-state index < -0.39 is 21.7 Å². The van der Waals surface area contributed by atoms with Crippen LogP contribution in [0.5, 0.6) is 11.5 Å². The second-order valence-electron chi connectivity index (χ2n) is 9.03. The maximum atomic E-state index is 14.2. The molecule has 5 rings (SSSR count). The van der Waals surface area contributed by atoms with E-state index in [1.165, 1.54) is 55.6 Å². The predicted octanol–water partition coefficient (Wildman–Crippen LogP) is 5.59. The number of ether oxygens (including phenoxy) is 1. The van der Waals surface area contributed by atoms with Crippen LogP contribution in [0.25, 0.3) is 11.0 Å². The lowest BCUT2D eigenvalue weighted by Crippen LogP contribution is -2.17. The Labute approximate surface area is 234 Å². The number of fused-ring (bicyclic) bond motifs is 1. The highest BCUT2D eigenvalue weighted by atomic mass is 32.2. The summed E-state index contributed by atoms with van der Waals surface area (Å²) in [4.78, 5) is 21.5. The van der Waals surface area contributed by atoms with Crippen molar-refractivity contribution in [1.29, 1.82) is 0 Å². The SMILES string of the molecule is COc1cc(O)cc(Nc2nc3ccccc3nc2NS(=O)(=O)c2cccc(NC(=O)c3cc(C)ccc3F)c2)c1. The number of nitrogens with zero attached hydrogens (tertiary/aromatic N) is 2. The standard InChI is InChI=1S/C29H24FN5O5S/c1-17-10-11-24(30)23(12-17)29(37)32-18-6-5-7-22(15-18)41(38,39)35-28-27(33-25-8-3-4-9-26(25)34-28)31-19-13-20(36)16-21(14-19)40-2/h3-16,36H,1-2H3,(H,31,33)(H,32,37)(H,34,35). The summed E-state index contributed by atoms with van der Waals surface area (Å²) in [6.07, 6.45) is 0. The summed E-state index contributed by atoms with van der Waals surface area (Å²) in [6, 6.07) is 21.0. The third-order valence-corrected chi connectivity index (χ3v) is 7.30. The number of phenols is 1. The van der Waals surface area contributed by atoms with E-state index >= 15 is 0 Å². The molecule has 1 amide bonds. The third-order valence-electron chi connectivity index (χ3n) is 5.96. The van der Waals surface area contributed by atoms with Gasteiger partial charge in [0.2, 0.25) is 0 Å². The van der Waals surface area contributed by atoms with Gasteiger partial charge in [0.15, 0.2) is 11.6 Å². The van der Waals surface area contributed by atoms with Crippen LogP contribution in [-0.2, 0) is 10.0 Å². The molecular weight excluding hydrogens is 549 g/mol. The first-order valence-electron chi connectivity index (χ1n) is 12.2. The number of amides is 1. The summed E-state index contributed by atoms with van der Waals surface area (Å²) >= 11 is 0. The zero-order valence-electron chi connectivity index (χ0n) is 21.8. The number of carbonyl (C=O) groups excluding carboxylic acids is 1. The molecule has 1 aromatic heterocycles. The summed E-state index contributed by atoms with van der Waals surface area (Å²) in [5.74, 6) is -1.17. The Hall–Kier alpha value is -5.23. The molecule has 0 saturated heterocycles. The van der Waals surface area contributed by atoms with Crippen molar-refractivity contribution in [3.05, 3.63) is 102 Å². The van der Waals surface area contributed by atoms with Gasteiger partial charge < -0.3 is 20.5 Å². The quantitative estimate of drug-likeness (QED) is 0.188. The highest BCUT2D eigenvalue weighted by Crippen LogP contribution is 2.31. The smallest absolute Gasteiger partial charge is 0.263 e. The highest BCUT2D eigenvalue weighted by molar-refractivity contribution is 7.92. The van der Waals surface area contributed by atoms with Crippen LogP contribution in [0.15, 0.2) is 89.8 Å². The molecule has 0 radical (unpaired) electrons. The molecule has 0 aliphatic heterocycles. The minimum atomic E-state index is -4.25. The molecule has 0 bridgehead atoms. The number of halogens is 1. The van der Waals surface area contributed by atoms with Gasteiger partial charge in [0.1, 0.15) is 17.3 Å². The average molecular weight is 574 g/mol. The van der Waals surface area contributed by atoms with Crippen molar-refractivity contribution in [2.75, 3.05) is 22.5 Å². The molecule has 4 aromatic carbocycles. The van der Waals surface area contributed by atoms with E-state index in [2.05, 4.69) is 25.3 Å². The van der Waals surface area contributed by atoms with Gasteiger partial charge in [0, 0.05) is 29.6 Å². The van der Waals surface area contributed by atoms with Crippen molar-refractivity contribution < 1.29 is 27.4 Å². The number of aryl methyl sites for hydroxylation is 1. The number of para-hydroxylation sites is 2. The van der Waals surface area contributed by atoms with Crippen LogP contribution >= 0.6 is 0 Å². The topological polar surface area (TPSA) is 143 Å². The summed E-state index contributed by atoms with van der Waals surface area (Å²) in [5.41, 5.74) is 1.99. The fraction of sp³-hybridized carbons (Fsp3) is 0.0690. The highest BCUT2D eigenvalue weighted by Gasteiger charge is 2.21. The molecule has 0 spiro atoms. The maximum absolute atomic E-state index is 14.2. The normalized spacial score (nSPS) is 11.2. The molecule has 0 aliphatic carbocycles. The van der Waals surface area contributed by atoms with Crippen LogP contribution in [0.2, 0.25) is 0 Å². The van der Waals surface area contributed by atoms with Crippen molar-refractivity contribution in [2.24, 2.45) is 0 Å². The summed E-state index contributed by atoms with van der Waals surface area (Å²) in [5, 5.41) is 15.6. The Balaban J connectivity index is 1.47. The number of carbonyl (C=O) groups is 1. The lowest BCUT2D eigenvalue weighted by molar-refractivity contribution is 0.102. The average Bonchev–Trinajstić information content (AvgIpc) is 2.94. The number of methoxy groups -OCH3 is 1. The van der Waals surface area contributed by atoms with Crippen LogP contribution in [0, 0.1) is 12.7 Å². The fourth-order valence-corrected chi connectivity index (χ4v) is 5.06. The number of aromatic hydroxyl groups is 1. The molecule has 0 unspecified atom stereocenters. The van der Waals surface area contributed by atoms with E-state index in [0.717, 1.165) is 0 Å². The van der Waals surface area contributed by atoms with Gasteiger partial charge in [0.05, 0.1) is 28.6 Å². The van der Waals surface area contributed by atoms with Crippen LogP contribution < -0.4 is 20.1 Å². The van der Waals surface area contributed by atoms with E-state index in [1.54, 1.807) is 43.3 Å². The van der Waals surface area contributed by atoms with Gasteiger partial charge in [-0.25, -0.2) is 22.8 Å². The second kappa shape index (κ2) is 11.1. The predicted molar refractivity (Wildman–Crippen MR) is 154 cm³/mol. The summed E-state index contributed by atoms with van der Waals surface area (Å²) in [7, 11) is -2.80. The zero-order valence-corrected chi connectivity index (χ0v) is 22.7. The first-order chi connectivity index (χ1) is 19.6. The van der Waals surface area contributed by atoms with Gasteiger partial charge in [-0.1, -0.05) is 29.8 Å². The summed E-state index contributed by atoms with van der Waals surface area (Å²) < 4.78 is 48.8. The van der Waals surface area contributed by atoms with Gasteiger partial charge >= 0.3 is 0 Å². The first-order valence-corrected chi connectivity index (χ1v) is 13.7. The Bertz CT molecular complexity index is 1900. The number of sulfonamides is 1. The molecule has 41 heavy (non-hydrogen) atoms. The minimum absolute atomic E-state index is 0.0688. The molecule has 0 saturated carbocycles. The summed E-state index contributed by atoms with van der Waals surface area (Å²) in [6.45, 7) is 1.73. The van der Waals surface area contributed by atoms with Gasteiger partial charge in [-0.2, -0.15) is 0 Å².